The molecular weight excluding hydrogens is 310 g/mol. The lowest BCUT2D eigenvalue weighted by Crippen LogP contribution is -2.44. The second-order valence-electron chi connectivity index (χ2n) is 5.78. The number of nitrogens with one attached hydrogen (secondary N) is 2. The molecule has 24 heavy (non-hydrogen) atoms. The van der Waals surface area contributed by atoms with Gasteiger partial charge < -0.3 is 30.0 Å². The number of aromatic hydroxyl groups is 1. The van der Waals surface area contributed by atoms with Crippen LogP contribution >= 0.6 is 0 Å². The van der Waals surface area contributed by atoms with Gasteiger partial charge in [-0.1, -0.05) is 0 Å². The number of rotatable bonds is 7. The number of benzene rings is 1. The Morgan fingerprint density at radius 2 is 2.33 bits per heavy atom. The zero-order chi connectivity index (χ0) is 17.4. The molecule has 0 bridgehead atoms. The molecule has 1 fully saturated rings. The zero-order valence-electron chi connectivity index (χ0n) is 14.5. The molecular formula is C17H27N3O4. The number of hydrogen-bond acceptors (Lipinski definition) is 5. The van der Waals surface area contributed by atoms with Crippen LogP contribution in [0.4, 0.5) is 0 Å². The lowest BCUT2D eigenvalue weighted by atomic mass is 10.2. The Kier molecular flexibility index (Phi) is 7.14. The summed E-state index contributed by atoms with van der Waals surface area (Å²) in [6, 6.07) is 5.24. The van der Waals surface area contributed by atoms with E-state index in [4.69, 9.17) is 14.2 Å². The van der Waals surface area contributed by atoms with Gasteiger partial charge in [0.2, 0.25) is 0 Å². The molecule has 1 aliphatic heterocycles. The molecule has 7 heteroatoms. The molecule has 2 unspecified atom stereocenters. The van der Waals surface area contributed by atoms with Crippen molar-refractivity contribution in [2.75, 3.05) is 34.0 Å². The van der Waals surface area contributed by atoms with Gasteiger partial charge in [-0.05, 0) is 31.5 Å². The number of aliphatic imine (C=N–C) groups is 1. The van der Waals surface area contributed by atoms with E-state index in [1.165, 1.54) is 0 Å². The van der Waals surface area contributed by atoms with Crippen LogP contribution in [-0.4, -0.2) is 57.2 Å². The predicted molar refractivity (Wildman–Crippen MR) is 92.6 cm³/mol. The maximum atomic E-state index is 9.92. The van der Waals surface area contributed by atoms with Crippen LogP contribution in [0.25, 0.3) is 0 Å². The topological polar surface area (TPSA) is 84.3 Å². The number of phenols is 1. The average molecular weight is 337 g/mol. The molecule has 1 aromatic carbocycles. The van der Waals surface area contributed by atoms with Crippen molar-refractivity contribution in [3.63, 3.8) is 0 Å². The number of ether oxygens (including phenoxy) is 3. The minimum Gasteiger partial charge on any atom is -0.508 e. The van der Waals surface area contributed by atoms with Gasteiger partial charge in [0.05, 0.1) is 26.4 Å². The second-order valence-corrected chi connectivity index (χ2v) is 5.78. The van der Waals surface area contributed by atoms with Crippen molar-refractivity contribution in [2.24, 2.45) is 4.99 Å². The van der Waals surface area contributed by atoms with Crippen LogP contribution in [0.5, 0.6) is 11.5 Å². The Balaban J connectivity index is 1.79. The van der Waals surface area contributed by atoms with E-state index < -0.39 is 0 Å². The molecule has 1 saturated heterocycles. The van der Waals surface area contributed by atoms with Crippen molar-refractivity contribution in [3.05, 3.63) is 23.8 Å². The van der Waals surface area contributed by atoms with E-state index in [0.29, 0.717) is 31.5 Å². The fourth-order valence-corrected chi connectivity index (χ4v) is 2.40. The lowest BCUT2D eigenvalue weighted by Gasteiger charge is -2.20. The normalized spacial score (nSPS) is 19.1. The first-order valence-corrected chi connectivity index (χ1v) is 8.14. The third-order valence-electron chi connectivity index (χ3n) is 3.81. The third-order valence-corrected chi connectivity index (χ3v) is 3.81. The summed E-state index contributed by atoms with van der Waals surface area (Å²) in [5.41, 5.74) is 0.740. The Bertz CT molecular complexity index is 545. The van der Waals surface area contributed by atoms with Crippen molar-refractivity contribution >= 4 is 5.96 Å². The van der Waals surface area contributed by atoms with E-state index in [2.05, 4.69) is 15.6 Å². The van der Waals surface area contributed by atoms with Crippen molar-refractivity contribution < 1.29 is 19.3 Å². The fourth-order valence-electron chi connectivity index (χ4n) is 2.40. The minimum atomic E-state index is 0.107. The molecule has 1 aromatic rings. The van der Waals surface area contributed by atoms with Crippen LogP contribution in [0, 0.1) is 0 Å². The van der Waals surface area contributed by atoms with Crippen LogP contribution in [-0.2, 0) is 16.0 Å². The number of phenolic OH excluding ortho intramolecular Hbond substituents is 1. The molecule has 1 heterocycles. The monoisotopic (exact) mass is 337 g/mol. The van der Waals surface area contributed by atoms with E-state index in [0.717, 1.165) is 18.6 Å². The van der Waals surface area contributed by atoms with E-state index in [1.807, 2.05) is 6.92 Å². The number of hydrogen-bond donors (Lipinski definition) is 3. The standard InChI is InChI=1S/C17H27N3O4/c1-12(10-24-15-6-7-23-11-15)20-17(18-2)19-9-13-8-14(22-3)4-5-16(13)21/h4-5,8,12,15,21H,6-7,9-11H2,1-3H3,(H2,18,19,20). The molecule has 3 N–H and O–H groups in total. The summed E-state index contributed by atoms with van der Waals surface area (Å²) >= 11 is 0. The molecule has 0 aromatic heterocycles. The molecule has 0 amide bonds. The Morgan fingerprint density at radius 1 is 1.50 bits per heavy atom. The van der Waals surface area contributed by atoms with Gasteiger partial charge in [0.15, 0.2) is 5.96 Å². The first-order valence-electron chi connectivity index (χ1n) is 8.14. The van der Waals surface area contributed by atoms with E-state index in [1.54, 1.807) is 32.4 Å². The zero-order valence-corrected chi connectivity index (χ0v) is 14.5. The smallest absolute Gasteiger partial charge is 0.191 e. The van der Waals surface area contributed by atoms with Crippen molar-refractivity contribution in [3.8, 4) is 11.5 Å². The quantitative estimate of drug-likeness (QED) is 0.513. The highest BCUT2D eigenvalue weighted by molar-refractivity contribution is 5.80. The predicted octanol–water partition coefficient (Wildman–Crippen LogP) is 1.26. The van der Waals surface area contributed by atoms with Gasteiger partial charge in [-0.15, -0.1) is 0 Å². The third kappa shape index (κ3) is 5.58. The maximum absolute atomic E-state index is 9.92. The summed E-state index contributed by atoms with van der Waals surface area (Å²) in [5.74, 6) is 1.57. The highest BCUT2D eigenvalue weighted by Crippen LogP contribution is 2.22. The molecule has 7 nitrogen and oxygen atoms in total. The van der Waals surface area contributed by atoms with Gasteiger partial charge in [-0.2, -0.15) is 0 Å². The maximum Gasteiger partial charge on any atom is 0.191 e. The Labute approximate surface area is 143 Å². The lowest BCUT2D eigenvalue weighted by molar-refractivity contribution is 0.0347. The summed E-state index contributed by atoms with van der Waals surface area (Å²) in [5, 5.41) is 16.4. The first-order chi connectivity index (χ1) is 11.6. The fraction of sp³-hybridized carbons (Fsp3) is 0.588. The van der Waals surface area contributed by atoms with Gasteiger partial charge in [-0.3, -0.25) is 4.99 Å². The summed E-state index contributed by atoms with van der Waals surface area (Å²) in [6.07, 6.45) is 1.15. The van der Waals surface area contributed by atoms with Gasteiger partial charge >= 0.3 is 0 Å². The molecule has 0 aliphatic carbocycles. The van der Waals surface area contributed by atoms with Gasteiger partial charge in [0.1, 0.15) is 11.5 Å². The molecule has 2 atom stereocenters. The van der Waals surface area contributed by atoms with Crippen molar-refractivity contribution in [1.29, 1.82) is 0 Å². The number of guanidine groups is 1. The second kappa shape index (κ2) is 9.34. The molecule has 0 saturated carbocycles. The van der Waals surface area contributed by atoms with Gasteiger partial charge in [-0.25, -0.2) is 0 Å². The summed E-state index contributed by atoms with van der Waals surface area (Å²) in [6.45, 7) is 4.51. The summed E-state index contributed by atoms with van der Waals surface area (Å²) < 4.78 is 16.3. The number of nitrogens with zero attached hydrogens (tertiary/aromatic N) is 1. The van der Waals surface area contributed by atoms with Gasteiger partial charge in [0.25, 0.3) is 0 Å². The highest BCUT2D eigenvalue weighted by atomic mass is 16.5. The van der Waals surface area contributed by atoms with E-state index in [9.17, 15) is 5.11 Å². The number of methoxy groups -OCH3 is 1. The minimum absolute atomic E-state index is 0.107. The molecule has 0 radical (unpaired) electrons. The first kappa shape index (κ1) is 18.4. The average Bonchev–Trinajstić information content (AvgIpc) is 3.11. The summed E-state index contributed by atoms with van der Waals surface area (Å²) in [4.78, 5) is 4.20. The van der Waals surface area contributed by atoms with Crippen LogP contribution < -0.4 is 15.4 Å². The van der Waals surface area contributed by atoms with Crippen LogP contribution in [0.1, 0.15) is 18.9 Å². The van der Waals surface area contributed by atoms with Crippen LogP contribution in [0.2, 0.25) is 0 Å². The molecule has 2 rings (SSSR count). The largest absolute Gasteiger partial charge is 0.508 e. The molecule has 134 valence electrons. The SMILES string of the molecule is CN=C(NCc1cc(OC)ccc1O)NC(C)COC1CCOC1. The van der Waals surface area contributed by atoms with E-state index >= 15 is 0 Å². The van der Waals surface area contributed by atoms with Crippen LogP contribution in [0.15, 0.2) is 23.2 Å². The Hall–Kier alpha value is -1.99. The van der Waals surface area contributed by atoms with Crippen molar-refractivity contribution in [1.82, 2.24) is 10.6 Å². The van der Waals surface area contributed by atoms with Crippen LogP contribution in [0.3, 0.4) is 0 Å². The highest BCUT2D eigenvalue weighted by Gasteiger charge is 2.17. The Morgan fingerprint density at radius 3 is 3.00 bits per heavy atom. The molecule has 0 spiro atoms. The van der Waals surface area contributed by atoms with Gasteiger partial charge in [0, 0.05) is 31.8 Å². The molecule has 1 aliphatic rings. The summed E-state index contributed by atoms with van der Waals surface area (Å²) in [7, 11) is 3.31. The van der Waals surface area contributed by atoms with Crippen molar-refractivity contribution in [2.45, 2.75) is 32.0 Å². The van der Waals surface area contributed by atoms with E-state index in [-0.39, 0.29) is 17.9 Å².